The van der Waals surface area contributed by atoms with Crippen molar-refractivity contribution < 1.29 is 18.7 Å². The summed E-state index contributed by atoms with van der Waals surface area (Å²) in [5.74, 6) is 0.505. The normalized spacial score (nSPS) is 19.0. The Hall–Kier alpha value is -3.29. The molecule has 1 N–H and O–H groups in total. The summed E-state index contributed by atoms with van der Waals surface area (Å²) in [5.41, 5.74) is 1.76. The van der Waals surface area contributed by atoms with Crippen LogP contribution in [-0.2, 0) is 4.79 Å². The molecule has 3 amide bonds. The predicted octanol–water partition coefficient (Wildman–Crippen LogP) is 2.86. The Balaban J connectivity index is 1.28. The van der Waals surface area contributed by atoms with Crippen molar-refractivity contribution in [2.75, 3.05) is 49.1 Å². The molecule has 0 saturated carbocycles. The largest absolute Gasteiger partial charge is 0.494 e. The molecule has 8 heteroatoms. The molecule has 0 aliphatic carbocycles. The van der Waals surface area contributed by atoms with E-state index in [4.69, 9.17) is 4.74 Å². The van der Waals surface area contributed by atoms with Crippen molar-refractivity contribution in [2.45, 2.75) is 19.4 Å². The van der Waals surface area contributed by atoms with Crippen LogP contribution in [0.15, 0.2) is 48.5 Å². The Kier molecular flexibility index (Phi) is 6.25. The lowest BCUT2D eigenvalue weighted by Crippen LogP contribution is -2.53. The van der Waals surface area contributed by atoms with Crippen molar-refractivity contribution >= 4 is 23.3 Å². The molecule has 2 aromatic rings. The second-order valence-corrected chi connectivity index (χ2v) is 7.73. The lowest BCUT2D eigenvalue weighted by molar-refractivity contribution is -0.117. The van der Waals surface area contributed by atoms with E-state index in [0.717, 1.165) is 17.1 Å². The molecule has 4 rings (SSSR count). The van der Waals surface area contributed by atoms with E-state index < -0.39 is 0 Å². The average molecular weight is 426 g/mol. The number of piperazine rings is 1. The minimum Gasteiger partial charge on any atom is -0.494 e. The minimum absolute atomic E-state index is 0.00408. The molecule has 2 heterocycles. The third kappa shape index (κ3) is 4.90. The molecule has 0 spiro atoms. The van der Waals surface area contributed by atoms with Gasteiger partial charge in [0.25, 0.3) is 0 Å². The van der Waals surface area contributed by atoms with E-state index in [1.165, 1.54) is 12.1 Å². The van der Waals surface area contributed by atoms with Crippen molar-refractivity contribution in [3.63, 3.8) is 0 Å². The maximum Gasteiger partial charge on any atom is 0.317 e. The summed E-state index contributed by atoms with van der Waals surface area (Å²) >= 11 is 0. The van der Waals surface area contributed by atoms with E-state index in [1.54, 1.807) is 21.9 Å². The standard InChI is InChI=1S/C23H27FN4O3/c1-2-31-21-9-7-20(8-10-21)28-16-18(15-22(28)29)25-23(30)27-13-11-26(12-14-27)19-5-3-17(24)4-6-19/h3-10,18H,2,11-16H2,1H3,(H,25,30). The fraction of sp³-hybridized carbons (Fsp3) is 0.391. The van der Waals surface area contributed by atoms with Gasteiger partial charge in [-0.25, -0.2) is 9.18 Å². The summed E-state index contributed by atoms with van der Waals surface area (Å²) in [5, 5.41) is 3.00. The van der Waals surface area contributed by atoms with Gasteiger partial charge in [0.15, 0.2) is 0 Å². The summed E-state index contributed by atoms with van der Waals surface area (Å²) in [6.07, 6.45) is 0.286. The van der Waals surface area contributed by atoms with E-state index >= 15 is 0 Å². The Morgan fingerprint density at radius 2 is 1.68 bits per heavy atom. The third-order valence-electron chi connectivity index (χ3n) is 5.67. The highest BCUT2D eigenvalue weighted by atomic mass is 19.1. The minimum atomic E-state index is -0.257. The van der Waals surface area contributed by atoms with Gasteiger partial charge in [-0.1, -0.05) is 0 Å². The van der Waals surface area contributed by atoms with Gasteiger partial charge in [-0.05, 0) is 55.5 Å². The van der Waals surface area contributed by atoms with Crippen LogP contribution in [0.25, 0.3) is 0 Å². The molecule has 2 fully saturated rings. The maximum atomic E-state index is 13.1. The average Bonchev–Trinajstić information content (AvgIpc) is 3.15. The van der Waals surface area contributed by atoms with Crippen LogP contribution in [0.5, 0.6) is 5.75 Å². The molecular weight excluding hydrogens is 399 g/mol. The van der Waals surface area contributed by atoms with Crippen LogP contribution in [0.2, 0.25) is 0 Å². The van der Waals surface area contributed by atoms with Gasteiger partial charge in [-0.3, -0.25) is 4.79 Å². The molecule has 31 heavy (non-hydrogen) atoms. The first-order valence-corrected chi connectivity index (χ1v) is 10.6. The highest BCUT2D eigenvalue weighted by molar-refractivity contribution is 5.96. The number of halogens is 1. The molecule has 164 valence electrons. The topological polar surface area (TPSA) is 65.1 Å². The second kappa shape index (κ2) is 9.24. The summed E-state index contributed by atoms with van der Waals surface area (Å²) < 4.78 is 18.6. The molecule has 0 radical (unpaired) electrons. The van der Waals surface area contributed by atoms with Crippen LogP contribution in [0.3, 0.4) is 0 Å². The number of amides is 3. The zero-order valence-electron chi connectivity index (χ0n) is 17.6. The molecule has 2 saturated heterocycles. The number of benzene rings is 2. The lowest BCUT2D eigenvalue weighted by atomic mass is 10.2. The molecular formula is C23H27FN4O3. The zero-order valence-corrected chi connectivity index (χ0v) is 17.6. The number of nitrogens with one attached hydrogen (secondary N) is 1. The monoisotopic (exact) mass is 426 g/mol. The summed E-state index contributed by atoms with van der Waals surface area (Å²) in [6.45, 7) is 5.48. The number of nitrogens with zero attached hydrogens (tertiary/aromatic N) is 3. The molecule has 0 aromatic heterocycles. The third-order valence-corrected chi connectivity index (χ3v) is 5.67. The van der Waals surface area contributed by atoms with Crippen molar-refractivity contribution in [3.05, 3.63) is 54.3 Å². The number of hydrogen-bond acceptors (Lipinski definition) is 4. The first-order valence-electron chi connectivity index (χ1n) is 10.6. The van der Waals surface area contributed by atoms with Crippen LogP contribution in [-0.4, -0.2) is 62.2 Å². The van der Waals surface area contributed by atoms with E-state index in [2.05, 4.69) is 10.2 Å². The molecule has 1 unspecified atom stereocenters. The smallest absolute Gasteiger partial charge is 0.317 e. The van der Waals surface area contributed by atoms with Gasteiger partial charge in [-0.15, -0.1) is 0 Å². The quantitative estimate of drug-likeness (QED) is 0.799. The van der Waals surface area contributed by atoms with Crippen molar-refractivity contribution in [2.24, 2.45) is 0 Å². The molecule has 7 nitrogen and oxygen atoms in total. The molecule has 2 aromatic carbocycles. The van der Waals surface area contributed by atoms with Gasteiger partial charge in [0, 0.05) is 50.5 Å². The maximum absolute atomic E-state index is 13.1. The molecule has 2 aliphatic rings. The fourth-order valence-electron chi connectivity index (χ4n) is 4.03. The first kappa shape index (κ1) is 21.0. The van der Waals surface area contributed by atoms with Crippen molar-refractivity contribution in [1.29, 1.82) is 0 Å². The van der Waals surface area contributed by atoms with Crippen LogP contribution < -0.4 is 19.9 Å². The summed E-state index contributed by atoms with van der Waals surface area (Å²) in [6, 6.07) is 13.5. The van der Waals surface area contributed by atoms with E-state index in [0.29, 0.717) is 39.3 Å². The van der Waals surface area contributed by atoms with E-state index in [1.807, 2.05) is 31.2 Å². The van der Waals surface area contributed by atoms with Crippen molar-refractivity contribution in [1.82, 2.24) is 10.2 Å². The number of ether oxygens (including phenoxy) is 1. The number of carbonyl (C=O) groups is 2. The first-order chi connectivity index (χ1) is 15.0. The lowest BCUT2D eigenvalue weighted by Gasteiger charge is -2.36. The van der Waals surface area contributed by atoms with Crippen LogP contribution >= 0.6 is 0 Å². The van der Waals surface area contributed by atoms with Gasteiger partial charge >= 0.3 is 6.03 Å². The SMILES string of the molecule is CCOc1ccc(N2CC(NC(=O)N3CCN(c4ccc(F)cc4)CC3)CC2=O)cc1. The molecule has 2 aliphatic heterocycles. The van der Waals surface area contributed by atoms with E-state index in [-0.39, 0.29) is 30.2 Å². The summed E-state index contributed by atoms with van der Waals surface area (Å²) in [7, 11) is 0. The number of rotatable bonds is 5. The van der Waals surface area contributed by atoms with E-state index in [9.17, 15) is 14.0 Å². The van der Waals surface area contributed by atoms with Crippen molar-refractivity contribution in [3.8, 4) is 5.75 Å². The van der Waals surface area contributed by atoms with Crippen LogP contribution in [0.1, 0.15) is 13.3 Å². The highest BCUT2D eigenvalue weighted by Crippen LogP contribution is 2.24. The second-order valence-electron chi connectivity index (χ2n) is 7.73. The Morgan fingerprint density at radius 1 is 1.03 bits per heavy atom. The van der Waals surface area contributed by atoms with Gasteiger partial charge in [-0.2, -0.15) is 0 Å². The number of carbonyl (C=O) groups excluding carboxylic acids is 2. The van der Waals surface area contributed by atoms with Crippen LogP contribution in [0, 0.1) is 5.82 Å². The van der Waals surface area contributed by atoms with Gasteiger partial charge in [0.05, 0.1) is 12.6 Å². The highest BCUT2D eigenvalue weighted by Gasteiger charge is 2.33. The Labute approximate surface area is 181 Å². The Morgan fingerprint density at radius 3 is 2.32 bits per heavy atom. The fourth-order valence-corrected chi connectivity index (χ4v) is 4.03. The summed E-state index contributed by atoms with van der Waals surface area (Å²) in [4.78, 5) is 30.8. The predicted molar refractivity (Wildman–Crippen MR) is 117 cm³/mol. The Bertz CT molecular complexity index is 911. The van der Waals surface area contributed by atoms with Gasteiger partial charge < -0.3 is 24.8 Å². The number of hydrogen-bond donors (Lipinski definition) is 1. The van der Waals surface area contributed by atoms with Gasteiger partial charge in [0.1, 0.15) is 11.6 Å². The number of urea groups is 1. The zero-order chi connectivity index (χ0) is 21.8. The molecule has 1 atom stereocenters. The van der Waals surface area contributed by atoms with Crippen LogP contribution in [0.4, 0.5) is 20.6 Å². The molecule has 0 bridgehead atoms. The van der Waals surface area contributed by atoms with Gasteiger partial charge in [0.2, 0.25) is 5.91 Å². The number of anilines is 2.